The molecule has 2 nitrogen and oxygen atoms in total. The fourth-order valence-electron chi connectivity index (χ4n) is 1.28. The second kappa shape index (κ2) is 3.06. The van der Waals surface area contributed by atoms with Crippen molar-refractivity contribution in [3.8, 4) is 0 Å². The number of rotatable bonds is 0. The number of hydrogen-bond acceptors (Lipinski definition) is 2. The molecule has 0 fully saturated rings. The van der Waals surface area contributed by atoms with Crippen molar-refractivity contribution >= 4 is 32.0 Å². The van der Waals surface area contributed by atoms with Gasteiger partial charge in [0.2, 0.25) is 0 Å². The average Bonchev–Trinajstić information content (AvgIpc) is 2.28. The second-order valence-electron chi connectivity index (χ2n) is 2.76. The van der Waals surface area contributed by atoms with Gasteiger partial charge in [0.05, 0.1) is 0 Å². The van der Waals surface area contributed by atoms with E-state index >= 15 is 0 Å². The highest BCUT2D eigenvalue weighted by Crippen LogP contribution is 2.30. The summed E-state index contributed by atoms with van der Waals surface area (Å²) in [6, 6.07) is 6.31. The molecule has 1 aliphatic rings. The maximum absolute atomic E-state index is 11.3. The lowest BCUT2D eigenvalue weighted by molar-refractivity contribution is 0.105. The summed E-state index contributed by atoms with van der Waals surface area (Å²) in [7, 11) is 0. The Bertz CT molecular complexity index is 475. The Labute approximate surface area is 88.4 Å². The molecule has 13 heavy (non-hydrogen) atoms. The molecule has 0 saturated carbocycles. The van der Waals surface area contributed by atoms with E-state index in [1.54, 1.807) is 18.2 Å². The lowest BCUT2D eigenvalue weighted by Crippen LogP contribution is -1.96. The fourth-order valence-corrected chi connectivity index (χ4v) is 2.03. The van der Waals surface area contributed by atoms with Crippen LogP contribution in [0.4, 0.5) is 0 Å². The standard InChI is InChI=1S/C10H5IO2/c11-9-5-10(13)8-4-6(12)2-1-3-7(8)9/h1-5H. The average molecular weight is 284 g/mol. The lowest BCUT2D eigenvalue weighted by Gasteiger charge is -1.89. The topological polar surface area (TPSA) is 34.1 Å². The molecule has 0 spiro atoms. The van der Waals surface area contributed by atoms with Crippen molar-refractivity contribution in [2.75, 3.05) is 0 Å². The SMILES string of the molecule is O=C1C=C(I)c2cccc(=O)cc21. The smallest absolute Gasteiger partial charge is 0.187 e. The first kappa shape index (κ1) is 8.62. The molecule has 0 bridgehead atoms. The Morgan fingerprint density at radius 2 is 1.85 bits per heavy atom. The van der Waals surface area contributed by atoms with Gasteiger partial charge in [-0.05, 0) is 40.3 Å². The van der Waals surface area contributed by atoms with Gasteiger partial charge in [-0.3, -0.25) is 9.59 Å². The Morgan fingerprint density at radius 1 is 1.08 bits per heavy atom. The van der Waals surface area contributed by atoms with E-state index in [-0.39, 0.29) is 11.2 Å². The van der Waals surface area contributed by atoms with Gasteiger partial charge in [0.1, 0.15) is 0 Å². The van der Waals surface area contributed by atoms with Crippen LogP contribution in [0.5, 0.6) is 0 Å². The van der Waals surface area contributed by atoms with Crippen molar-refractivity contribution < 1.29 is 4.79 Å². The van der Waals surface area contributed by atoms with Crippen LogP contribution in [0.25, 0.3) is 3.58 Å². The minimum absolute atomic E-state index is 0.0762. The summed E-state index contributed by atoms with van der Waals surface area (Å²) in [5.74, 6) is -0.0762. The lowest BCUT2D eigenvalue weighted by atomic mass is 10.2. The van der Waals surface area contributed by atoms with Gasteiger partial charge in [-0.2, -0.15) is 0 Å². The normalized spacial score (nSPS) is 13.9. The number of hydrogen-bond donors (Lipinski definition) is 0. The minimum Gasteiger partial charge on any atom is -0.290 e. The Balaban J connectivity index is 2.83. The summed E-state index contributed by atoms with van der Waals surface area (Å²) in [4.78, 5) is 22.5. The Hall–Kier alpha value is -0.970. The first-order valence-corrected chi connectivity index (χ1v) is 4.82. The molecule has 0 radical (unpaired) electrons. The molecule has 0 aromatic heterocycles. The van der Waals surface area contributed by atoms with Crippen molar-refractivity contribution in [3.05, 3.63) is 51.7 Å². The van der Waals surface area contributed by atoms with E-state index < -0.39 is 0 Å². The molecule has 64 valence electrons. The molecule has 0 aliphatic heterocycles. The second-order valence-corrected chi connectivity index (χ2v) is 3.92. The van der Waals surface area contributed by atoms with Crippen molar-refractivity contribution in [1.29, 1.82) is 0 Å². The summed E-state index contributed by atoms with van der Waals surface area (Å²) in [5.41, 5.74) is 1.24. The van der Waals surface area contributed by atoms with Crippen LogP contribution in [0, 0.1) is 0 Å². The highest BCUT2D eigenvalue weighted by atomic mass is 127. The molecule has 0 atom stereocenters. The van der Waals surface area contributed by atoms with Gasteiger partial charge in [0, 0.05) is 15.2 Å². The molecular weight excluding hydrogens is 279 g/mol. The van der Waals surface area contributed by atoms with E-state index in [1.807, 2.05) is 0 Å². The monoisotopic (exact) mass is 284 g/mol. The number of carbonyl (C=O) groups excluding carboxylic acids is 1. The van der Waals surface area contributed by atoms with Gasteiger partial charge in [-0.1, -0.05) is 12.1 Å². The van der Waals surface area contributed by atoms with Crippen LogP contribution >= 0.6 is 22.6 Å². The third kappa shape index (κ3) is 1.44. The maximum Gasteiger partial charge on any atom is 0.187 e. The largest absolute Gasteiger partial charge is 0.290 e. The summed E-state index contributed by atoms with van der Waals surface area (Å²) in [6.45, 7) is 0. The first-order chi connectivity index (χ1) is 6.18. The van der Waals surface area contributed by atoms with Gasteiger partial charge in [0.25, 0.3) is 0 Å². The van der Waals surface area contributed by atoms with E-state index in [0.717, 1.165) is 9.14 Å². The third-order valence-electron chi connectivity index (χ3n) is 1.88. The highest BCUT2D eigenvalue weighted by molar-refractivity contribution is 14.1. The van der Waals surface area contributed by atoms with Crippen molar-refractivity contribution in [2.24, 2.45) is 0 Å². The molecule has 0 saturated heterocycles. The third-order valence-corrected chi connectivity index (χ3v) is 2.77. The van der Waals surface area contributed by atoms with Crippen LogP contribution in [0.15, 0.2) is 35.1 Å². The van der Waals surface area contributed by atoms with Gasteiger partial charge >= 0.3 is 0 Å². The Morgan fingerprint density at radius 3 is 2.62 bits per heavy atom. The van der Waals surface area contributed by atoms with E-state index in [1.165, 1.54) is 12.1 Å². The predicted molar refractivity (Wildman–Crippen MR) is 59.0 cm³/mol. The van der Waals surface area contributed by atoms with Crippen LogP contribution in [-0.4, -0.2) is 5.78 Å². The van der Waals surface area contributed by atoms with Crippen molar-refractivity contribution in [3.63, 3.8) is 0 Å². The molecule has 1 aliphatic carbocycles. The molecule has 0 N–H and O–H groups in total. The molecule has 2 rings (SSSR count). The van der Waals surface area contributed by atoms with Gasteiger partial charge in [-0.25, -0.2) is 0 Å². The summed E-state index contributed by atoms with van der Waals surface area (Å²) >= 11 is 2.09. The number of carbonyl (C=O) groups is 1. The number of fused-ring (bicyclic) bond motifs is 1. The summed E-state index contributed by atoms with van der Waals surface area (Å²) in [5, 5.41) is 0. The predicted octanol–water partition coefficient (Wildman–Crippen LogP) is 2.02. The quantitative estimate of drug-likeness (QED) is 0.683. The molecule has 0 amide bonds. The first-order valence-electron chi connectivity index (χ1n) is 3.75. The zero-order chi connectivity index (χ0) is 9.42. The maximum atomic E-state index is 11.3. The molecular formula is C10H5IO2. The van der Waals surface area contributed by atoms with Crippen LogP contribution < -0.4 is 5.43 Å². The van der Waals surface area contributed by atoms with Gasteiger partial charge in [0.15, 0.2) is 11.2 Å². The molecule has 0 heterocycles. The van der Waals surface area contributed by atoms with Crippen LogP contribution in [0.2, 0.25) is 0 Å². The van der Waals surface area contributed by atoms with Crippen molar-refractivity contribution in [2.45, 2.75) is 0 Å². The Kier molecular flexibility index (Phi) is 2.03. The van der Waals surface area contributed by atoms with Crippen LogP contribution in [0.3, 0.4) is 0 Å². The molecule has 1 aromatic rings. The van der Waals surface area contributed by atoms with Gasteiger partial charge < -0.3 is 0 Å². The zero-order valence-corrected chi connectivity index (χ0v) is 8.74. The minimum atomic E-state index is -0.130. The number of ketones is 1. The van der Waals surface area contributed by atoms with E-state index in [2.05, 4.69) is 22.6 Å². The van der Waals surface area contributed by atoms with E-state index in [0.29, 0.717) is 5.56 Å². The molecule has 3 heteroatoms. The highest BCUT2D eigenvalue weighted by Gasteiger charge is 2.18. The van der Waals surface area contributed by atoms with Crippen molar-refractivity contribution in [1.82, 2.24) is 0 Å². The number of allylic oxidation sites excluding steroid dienone is 1. The fraction of sp³-hybridized carbons (Fsp3) is 0. The summed E-state index contributed by atoms with van der Waals surface area (Å²) in [6.07, 6.45) is 1.55. The number of halogens is 1. The van der Waals surface area contributed by atoms with Crippen LogP contribution in [-0.2, 0) is 0 Å². The van der Waals surface area contributed by atoms with E-state index in [4.69, 9.17) is 0 Å². The van der Waals surface area contributed by atoms with Crippen LogP contribution in [0.1, 0.15) is 15.9 Å². The van der Waals surface area contributed by atoms with E-state index in [9.17, 15) is 9.59 Å². The molecule has 1 aromatic carbocycles. The summed E-state index contributed by atoms with van der Waals surface area (Å²) < 4.78 is 0.896. The zero-order valence-electron chi connectivity index (χ0n) is 6.58. The molecule has 0 unspecified atom stereocenters. The van der Waals surface area contributed by atoms with Gasteiger partial charge in [-0.15, -0.1) is 0 Å².